The SMILES string of the molecule is CCCCC(CCC)NCC(Cl)=CCl. The second kappa shape index (κ2) is 9.82. The summed E-state index contributed by atoms with van der Waals surface area (Å²) >= 11 is 11.3. The average Bonchev–Trinajstić information content (AvgIpc) is 2.21. The Morgan fingerprint density at radius 3 is 2.50 bits per heavy atom. The number of rotatable bonds is 8. The molecule has 1 nitrogen and oxygen atoms in total. The number of hydrogen-bond donors (Lipinski definition) is 1. The van der Waals surface area contributed by atoms with Crippen LogP contribution in [0.5, 0.6) is 0 Å². The molecule has 0 spiro atoms. The van der Waals surface area contributed by atoms with Crippen molar-refractivity contribution in [2.45, 2.75) is 52.0 Å². The van der Waals surface area contributed by atoms with Gasteiger partial charge >= 0.3 is 0 Å². The fourth-order valence-corrected chi connectivity index (χ4v) is 1.58. The molecule has 0 radical (unpaired) electrons. The largest absolute Gasteiger partial charge is 0.309 e. The molecular weight excluding hydrogens is 217 g/mol. The first-order chi connectivity index (χ1) is 6.74. The lowest BCUT2D eigenvalue weighted by Crippen LogP contribution is -2.29. The standard InChI is InChI=1S/C11H21Cl2N/c1-3-5-7-11(6-4-2)14-9-10(13)8-12/h8,11,14H,3-7,9H2,1-2H3. The van der Waals surface area contributed by atoms with Crippen LogP contribution in [0.4, 0.5) is 0 Å². The zero-order valence-electron chi connectivity index (χ0n) is 9.15. The quantitative estimate of drug-likeness (QED) is 0.666. The molecule has 0 rings (SSSR count). The Hall–Kier alpha value is 0.280. The van der Waals surface area contributed by atoms with E-state index in [1.807, 2.05) is 0 Å². The molecule has 0 bridgehead atoms. The third-order valence-electron chi connectivity index (χ3n) is 2.22. The van der Waals surface area contributed by atoms with Gasteiger partial charge in [-0.2, -0.15) is 0 Å². The summed E-state index contributed by atoms with van der Waals surface area (Å²) in [6.07, 6.45) is 6.19. The van der Waals surface area contributed by atoms with Gasteiger partial charge < -0.3 is 5.32 Å². The van der Waals surface area contributed by atoms with Crippen LogP contribution in [-0.2, 0) is 0 Å². The van der Waals surface area contributed by atoms with E-state index in [0.717, 1.165) is 0 Å². The van der Waals surface area contributed by atoms with Gasteiger partial charge in [-0.1, -0.05) is 56.3 Å². The highest BCUT2D eigenvalue weighted by Crippen LogP contribution is 2.08. The fraction of sp³-hybridized carbons (Fsp3) is 0.818. The summed E-state index contributed by atoms with van der Waals surface area (Å²) in [5.41, 5.74) is 1.43. The van der Waals surface area contributed by atoms with Gasteiger partial charge in [0, 0.05) is 23.2 Å². The van der Waals surface area contributed by atoms with Crippen LogP contribution >= 0.6 is 23.2 Å². The van der Waals surface area contributed by atoms with Gasteiger partial charge in [0.05, 0.1) is 0 Å². The molecule has 0 aliphatic heterocycles. The van der Waals surface area contributed by atoms with Crippen LogP contribution in [0.15, 0.2) is 10.6 Å². The third-order valence-corrected chi connectivity index (χ3v) is 2.84. The summed E-state index contributed by atoms with van der Waals surface area (Å²) in [6, 6.07) is 0.588. The molecule has 1 unspecified atom stereocenters. The van der Waals surface area contributed by atoms with Crippen molar-refractivity contribution in [2.75, 3.05) is 6.54 Å². The van der Waals surface area contributed by atoms with E-state index in [1.165, 1.54) is 37.6 Å². The molecule has 14 heavy (non-hydrogen) atoms. The third kappa shape index (κ3) is 7.66. The molecule has 1 atom stereocenters. The lowest BCUT2D eigenvalue weighted by Gasteiger charge is -2.17. The van der Waals surface area contributed by atoms with Crippen LogP contribution in [-0.4, -0.2) is 12.6 Å². The Kier molecular flexibility index (Phi) is 10.0. The van der Waals surface area contributed by atoms with Gasteiger partial charge in [0.1, 0.15) is 0 Å². The van der Waals surface area contributed by atoms with Gasteiger partial charge in [0.15, 0.2) is 0 Å². The molecule has 0 aliphatic carbocycles. The Balaban J connectivity index is 3.71. The molecule has 0 fully saturated rings. The van der Waals surface area contributed by atoms with Gasteiger partial charge in [0.25, 0.3) is 0 Å². The molecule has 0 aliphatic rings. The van der Waals surface area contributed by atoms with E-state index in [9.17, 15) is 0 Å². The minimum atomic E-state index is 0.588. The maximum Gasteiger partial charge on any atom is 0.0431 e. The Morgan fingerprint density at radius 1 is 1.29 bits per heavy atom. The molecule has 0 amide bonds. The van der Waals surface area contributed by atoms with Crippen LogP contribution < -0.4 is 5.32 Å². The van der Waals surface area contributed by atoms with Crippen molar-refractivity contribution in [3.8, 4) is 0 Å². The molecule has 0 heterocycles. The number of halogens is 2. The van der Waals surface area contributed by atoms with Crippen LogP contribution in [0, 0.1) is 0 Å². The van der Waals surface area contributed by atoms with Crippen molar-refractivity contribution < 1.29 is 0 Å². The molecule has 1 N–H and O–H groups in total. The molecule has 0 aromatic rings. The highest BCUT2D eigenvalue weighted by molar-refractivity contribution is 6.36. The summed E-state index contributed by atoms with van der Waals surface area (Å²) in [4.78, 5) is 0. The zero-order chi connectivity index (χ0) is 10.8. The number of unbranched alkanes of at least 4 members (excludes halogenated alkanes) is 1. The zero-order valence-corrected chi connectivity index (χ0v) is 10.7. The summed E-state index contributed by atoms with van der Waals surface area (Å²) in [7, 11) is 0. The first kappa shape index (κ1) is 14.3. The Bertz CT molecular complexity index is 157. The van der Waals surface area contributed by atoms with E-state index in [-0.39, 0.29) is 0 Å². The van der Waals surface area contributed by atoms with Gasteiger partial charge in [-0.15, -0.1) is 0 Å². The molecule has 3 heteroatoms. The van der Waals surface area contributed by atoms with Crippen molar-refractivity contribution in [1.82, 2.24) is 5.32 Å². The minimum absolute atomic E-state index is 0.588. The van der Waals surface area contributed by atoms with Crippen LogP contribution in [0.1, 0.15) is 46.0 Å². The maximum absolute atomic E-state index is 5.81. The average molecular weight is 238 g/mol. The van der Waals surface area contributed by atoms with Crippen molar-refractivity contribution in [3.63, 3.8) is 0 Å². The van der Waals surface area contributed by atoms with Crippen LogP contribution in [0.2, 0.25) is 0 Å². The molecule has 84 valence electrons. The van der Waals surface area contributed by atoms with Crippen LogP contribution in [0.3, 0.4) is 0 Å². The summed E-state index contributed by atoms with van der Waals surface area (Å²) < 4.78 is 0. The number of hydrogen-bond acceptors (Lipinski definition) is 1. The molecule has 0 aromatic heterocycles. The molecule has 0 aromatic carbocycles. The minimum Gasteiger partial charge on any atom is -0.309 e. The monoisotopic (exact) mass is 237 g/mol. The highest BCUT2D eigenvalue weighted by atomic mass is 35.5. The van der Waals surface area contributed by atoms with Crippen LogP contribution in [0.25, 0.3) is 0 Å². The smallest absolute Gasteiger partial charge is 0.0431 e. The lowest BCUT2D eigenvalue weighted by molar-refractivity contribution is 0.452. The van der Waals surface area contributed by atoms with Crippen molar-refractivity contribution >= 4 is 23.2 Å². The second-order valence-corrected chi connectivity index (χ2v) is 4.27. The molecule has 0 saturated carbocycles. The topological polar surface area (TPSA) is 12.0 Å². The van der Waals surface area contributed by atoms with E-state index in [1.54, 1.807) is 0 Å². The Labute approximate surface area is 97.9 Å². The predicted octanol–water partition coefficient (Wildman–Crippen LogP) is 4.25. The van der Waals surface area contributed by atoms with Crippen molar-refractivity contribution in [3.05, 3.63) is 10.6 Å². The fourth-order valence-electron chi connectivity index (χ4n) is 1.43. The summed E-state index contributed by atoms with van der Waals surface area (Å²) in [5.74, 6) is 0. The normalized spacial score (nSPS) is 14.4. The summed E-state index contributed by atoms with van der Waals surface area (Å²) in [6.45, 7) is 5.12. The van der Waals surface area contributed by atoms with E-state index < -0.39 is 0 Å². The highest BCUT2D eigenvalue weighted by Gasteiger charge is 2.06. The Morgan fingerprint density at radius 2 is 2.00 bits per heavy atom. The predicted molar refractivity (Wildman–Crippen MR) is 66.0 cm³/mol. The van der Waals surface area contributed by atoms with Gasteiger partial charge in [0.2, 0.25) is 0 Å². The maximum atomic E-state index is 5.81. The van der Waals surface area contributed by atoms with Gasteiger partial charge in [-0.3, -0.25) is 0 Å². The number of nitrogens with one attached hydrogen (secondary N) is 1. The molecular formula is C11H21Cl2N. The van der Waals surface area contributed by atoms with E-state index >= 15 is 0 Å². The van der Waals surface area contributed by atoms with Gasteiger partial charge in [-0.25, -0.2) is 0 Å². The van der Waals surface area contributed by atoms with Crippen molar-refractivity contribution in [2.24, 2.45) is 0 Å². The first-order valence-corrected chi connectivity index (χ1v) is 6.24. The second-order valence-electron chi connectivity index (χ2n) is 3.56. The van der Waals surface area contributed by atoms with Gasteiger partial charge in [-0.05, 0) is 12.8 Å². The van der Waals surface area contributed by atoms with E-state index in [4.69, 9.17) is 23.2 Å². The van der Waals surface area contributed by atoms with Crippen molar-refractivity contribution in [1.29, 1.82) is 0 Å². The summed E-state index contributed by atoms with van der Waals surface area (Å²) in [5, 5.41) is 4.11. The van der Waals surface area contributed by atoms with E-state index in [2.05, 4.69) is 19.2 Å². The lowest BCUT2D eigenvalue weighted by atomic mass is 10.1. The first-order valence-electron chi connectivity index (χ1n) is 5.42. The van der Waals surface area contributed by atoms with E-state index in [0.29, 0.717) is 17.6 Å². The molecule has 0 saturated heterocycles.